The van der Waals surface area contributed by atoms with E-state index in [-0.39, 0.29) is 5.41 Å². The van der Waals surface area contributed by atoms with Crippen molar-refractivity contribution in [2.75, 3.05) is 11.9 Å². The van der Waals surface area contributed by atoms with E-state index in [2.05, 4.69) is 68.3 Å². The summed E-state index contributed by atoms with van der Waals surface area (Å²) >= 11 is 0. The average molecular weight is 341 g/mol. The van der Waals surface area contributed by atoms with Crippen LogP contribution in [0.5, 0.6) is 0 Å². The highest BCUT2D eigenvalue weighted by atomic mass is 16.3. The molecule has 3 aromatic carbocycles. The lowest BCUT2D eigenvalue weighted by molar-refractivity contribution is 0.102. The predicted molar refractivity (Wildman–Crippen MR) is 107 cm³/mol. The maximum atomic E-state index is 11.5. The van der Waals surface area contributed by atoms with E-state index in [9.17, 15) is 5.11 Å². The molecule has 1 aliphatic carbocycles. The summed E-state index contributed by atoms with van der Waals surface area (Å²) in [5.74, 6) is 0. The van der Waals surface area contributed by atoms with Gasteiger partial charge in [0.25, 0.3) is 0 Å². The minimum absolute atomic E-state index is 0.0371. The fraction of sp³-hybridized carbons (Fsp3) is 0.250. The Kier molecular flexibility index (Phi) is 2.87. The summed E-state index contributed by atoms with van der Waals surface area (Å²) in [4.78, 5) is 2.21. The molecule has 26 heavy (non-hydrogen) atoms. The first-order valence-corrected chi connectivity index (χ1v) is 9.18. The highest BCUT2D eigenvalue weighted by Crippen LogP contribution is 2.54. The molecular weight excluding hydrogens is 318 g/mol. The molecular formula is C24H23NO. The molecule has 0 saturated carbocycles. The summed E-state index contributed by atoms with van der Waals surface area (Å²) in [5.41, 5.74) is 8.28. The smallest absolute Gasteiger partial charge is 0.116 e. The first-order chi connectivity index (χ1) is 12.3. The molecule has 0 spiro atoms. The third-order valence-electron chi connectivity index (χ3n) is 6.38. The molecule has 1 N–H and O–H groups in total. The lowest BCUT2D eigenvalue weighted by Gasteiger charge is -2.40. The molecule has 1 heterocycles. The molecule has 0 aromatic heterocycles. The molecule has 130 valence electrons. The molecule has 3 aromatic rings. The van der Waals surface area contributed by atoms with E-state index in [1.807, 2.05) is 25.1 Å². The van der Waals surface area contributed by atoms with Crippen LogP contribution in [0.2, 0.25) is 0 Å². The predicted octanol–water partition coefficient (Wildman–Crippen LogP) is 5.33. The number of para-hydroxylation sites is 1. The molecule has 2 nitrogen and oxygen atoms in total. The number of hydrogen-bond acceptors (Lipinski definition) is 2. The van der Waals surface area contributed by atoms with Crippen LogP contribution in [0.4, 0.5) is 11.4 Å². The van der Waals surface area contributed by atoms with Crippen LogP contribution in [0.25, 0.3) is 11.1 Å². The van der Waals surface area contributed by atoms with Gasteiger partial charge in [0.1, 0.15) is 5.60 Å². The van der Waals surface area contributed by atoms with Crippen LogP contribution >= 0.6 is 0 Å². The minimum Gasteiger partial charge on any atom is -0.381 e. The Labute approximate surface area is 154 Å². The van der Waals surface area contributed by atoms with Crippen molar-refractivity contribution in [1.82, 2.24) is 0 Å². The van der Waals surface area contributed by atoms with Crippen LogP contribution in [0.1, 0.15) is 43.0 Å². The molecule has 0 amide bonds. The van der Waals surface area contributed by atoms with E-state index in [1.54, 1.807) is 0 Å². The monoisotopic (exact) mass is 341 g/mol. The molecule has 0 saturated heterocycles. The quantitative estimate of drug-likeness (QED) is 0.597. The van der Waals surface area contributed by atoms with Gasteiger partial charge < -0.3 is 10.0 Å². The van der Waals surface area contributed by atoms with Crippen molar-refractivity contribution in [2.24, 2.45) is 0 Å². The molecule has 5 rings (SSSR count). The Morgan fingerprint density at radius 2 is 1.35 bits per heavy atom. The van der Waals surface area contributed by atoms with Gasteiger partial charge >= 0.3 is 0 Å². The summed E-state index contributed by atoms with van der Waals surface area (Å²) in [7, 11) is 2.09. The van der Waals surface area contributed by atoms with Gasteiger partial charge in [-0.1, -0.05) is 56.3 Å². The Morgan fingerprint density at radius 1 is 0.692 bits per heavy atom. The van der Waals surface area contributed by atoms with Crippen molar-refractivity contribution in [3.8, 4) is 11.1 Å². The van der Waals surface area contributed by atoms with Gasteiger partial charge in [-0.3, -0.25) is 0 Å². The van der Waals surface area contributed by atoms with Crippen molar-refractivity contribution in [3.63, 3.8) is 0 Å². The average Bonchev–Trinajstić information content (AvgIpc) is 2.87. The third-order valence-corrected chi connectivity index (χ3v) is 6.38. The first-order valence-electron chi connectivity index (χ1n) is 9.18. The van der Waals surface area contributed by atoms with Gasteiger partial charge in [-0.25, -0.2) is 0 Å². The number of anilines is 2. The normalized spacial score (nSPS) is 21.7. The molecule has 0 fully saturated rings. The van der Waals surface area contributed by atoms with Gasteiger partial charge in [0.15, 0.2) is 0 Å². The van der Waals surface area contributed by atoms with Crippen molar-refractivity contribution in [3.05, 3.63) is 82.9 Å². The van der Waals surface area contributed by atoms with Gasteiger partial charge in [-0.05, 0) is 47.4 Å². The second-order valence-electron chi connectivity index (χ2n) is 8.23. The molecule has 2 heteroatoms. The zero-order valence-electron chi connectivity index (χ0n) is 15.7. The molecule has 2 aliphatic rings. The lowest BCUT2D eigenvalue weighted by Crippen LogP contribution is -2.33. The van der Waals surface area contributed by atoms with Crippen LogP contribution in [0.3, 0.4) is 0 Å². The lowest BCUT2D eigenvalue weighted by atomic mass is 9.78. The van der Waals surface area contributed by atoms with Crippen LogP contribution in [-0.2, 0) is 11.0 Å². The first kappa shape index (κ1) is 15.7. The fourth-order valence-corrected chi connectivity index (χ4v) is 4.86. The van der Waals surface area contributed by atoms with Crippen LogP contribution in [-0.4, -0.2) is 12.2 Å². The Bertz CT molecular complexity index is 1060. The number of aliphatic hydroxyl groups is 1. The molecule has 0 radical (unpaired) electrons. The number of benzene rings is 3. The van der Waals surface area contributed by atoms with Crippen molar-refractivity contribution < 1.29 is 5.11 Å². The summed E-state index contributed by atoms with van der Waals surface area (Å²) in [5, 5.41) is 11.5. The maximum Gasteiger partial charge on any atom is 0.116 e. The van der Waals surface area contributed by atoms with E-state index in [0.717, 1.165) is 22.5 Å². The summed E-state index contributed by atoms with van der Waals surface area (Å²) in [6.07, 6.45) is 0. The van der Waals surface area contributed by atoms with Crippen molar-refractivity contribution in [1.29, 1.82) is 0 Å². The third kappa shape index (κ3) is 1.75. The second kappa shape index (κ2) is 4.77. The summed E-state index contributed by atoms with van der Waals surface area (Å²) < 4.78 is 0. The standard InChI is InChI=1S/C24H23NO/c1-23(2)17-10-6-5-9-15(17)16-13-20-22(14-19(16)23)25(4)21-12-8-7-11-18(21)24(20,3)26/h5-14,26H,1-4H3. The van der Waals surface area contributed by atoms with Crippen LogP contribution in [0, 0.1) is 0 Å². The Balaban J connectivity index is 1.84. The van der Waals surface area contributed by atoms with Gasteiger partial charge in [-0.15, -0.1) is 0 Å². The summed E-state index contributed by atoms with van der Waals surface area (Å²) in [6, 6.07) is 21.3. The second-order valence-corrected chi connectivity index (χ2v) is 8.23. The van der Waals surface area contributed by atoms with Crippen molar-refractivity contribution in [2.45, 2.75) is 31.8 Å². The molecule has 1 aliphatic heterocycles. The van der Waals surface area contributed by atoms with Crippen LogP contribution in [0.15, 0.2) is 60.7 Å². The maximum absolute atomic E-state index is 11.5. The number of rotatable bonds is 0. The van der Waals surface area contributed by atoms with E-state index in [4.69, 9.17) is 0 Å². The fourth-order valence-electron chi connectivity index (χ4n) is 4.86. The summed E-state index contributed by atoms with van der Waals surface area (Å²) in [6.45, 7) is 6.49. The van der Waals surface area contributed by atoms with Crippen LogP contribution < -0.4 is 4.90 Å². The SMILES string of the molecule is CN1c2ccccc2C(C)(O)c2cc3c(cc21)C(C)(C)c1ccccc1-3. The number of hydrogen-bond donors (Lipinski definition) is 1. The van der Waals surface area contributed by atoms with Gasteiger partial charge in [0.2, 0.25) is 0 Å². The number of fused-ring (bicyclic) bond motifs is 5. The van der Waals surface area contributed by atoms with Crippen molar-refractivity contribution >= 4 is 11.4 Å². The van der Waals surface area contributed by atoms with E-state index < -0.39 is 5.60 Å². The van der Waals surface area contributed by atoms with Gasteiger partial charge in [0, 0.05) is 35.0 Å². The van der Waals surface area contributed by atoms with Gasteiger partial charge in [0.05, 0.1) is 0 Å². The molecule has 0 bridgehead atoms. The minimum atomic E-state index is -1.00. The zero-order chi connectivity index (χ0) is 18.3. The zero-order valence-corrected chi connectivity index (χ0v) is 15.7. The molecule has 1 atom stereocenters. The highest BCUT2D eigenvalue weighted by molar-refractivity contribution is 5.87. The van der Waals surface area contributed by atoms with E-state index >= 15 is 0 Å². The Hall–Kier alpha value is -2.58. The Morgan fingerprint density at radius 3 is 2.12 bits per heavy atom. The van der Waals surface area contributed by atoms with E-state index in [1.165, 1.54) is 22.3 Å². The number of nitrogens with zero attached hydrogens (tertiary/aromatic N) is 1. The topological polar surface area (TPSA) is 23.5 Å². The van der Waals surface area contributed by atoms with E-state index in [0.29, 0.717) is 0 Å². The van der Waals surface area contributed by atoms with Gasteiger partial charge in [-0.2, -0.15) is 0 Å². The highest BCUT2D eigenvalue weighted by Gasteiger charge is 2.41. The largest absolute Gasteiger partial charge is 0.381 e. The molecule has 1 unspecified atom stereocenters.